The van der Waals surface area contributed by atoms with Gasteiger partial charge in [0.05, 0.1) is 6.04 Å². The third kappa shape index (κ3) is 4.12. The summed E-state index contributed by atoms with van der Waals surface area (Å²) in [6, 6.07) is 7.17. The van der Waals surface area contributed by atoms with Crippen LogP contribution in [-0.2, 0) is 0 Å². The van der Waals surface area contributed by atoms with E-state index >= 15 is 0 Å². The molecule has 3 nitrogen and oxygen atoms in total. The Balaban J connectivity index is 0.00000176. The molecule has 1 unspecified atom stereocenters. The minimum Gasteiger partial charge on any atom is -0.370 e. The predicted octanol–water partition coefficient (Wildman–Crippen LogP) is 3.74. The van der Waals surface area contributed by atoms with Gasteiger partial charge in [0.15, 0.2) is 5.96 Å². The number of hydrogen-bond donors (Lipinski definition) is 1. The van der Waals surface area contributed by atoms with Crippen molar-refractivity contribution in [2.45, 2.75) is 44.6 Å². The van der Waals surface area contributed by atoms with E-state index in [1.807, 2.05) is 12.1 Å². The van der Waals surface area contributed by atoms with Crippen LogP contribution in [0.3, 0.4) is 0 Å². The molecule has 0 spiro atoms. The molecule has 1 aliphatic carbocycles. The van der Waals surface area contributed by atoms with E-state index in [1.165, 1.54) is 30.5 Å². The van der Waals surface area contributed by atoms with Crippen molar-refractivity contribution >= 4 is 29.9 Å². The van der Waals surface area contributed by atoms with Crippen LogP contribution >= 0.6 is 24.0 Å². The maximum Gasteiger partial charge on any atom is 0.191 e. The van der Waals surface area contributed by atoms with Gasteiger partial charge in [0.1, 0.15) is 5.82 Å². The quantitative estimate of drug-likeness (QED) is 0.453. The number of nitrogens with two attached hydrogens (primary N) is 1. The Kier molecular flexibility index (Phi) is 6.06. The normalized spacial score (nSPS) is 28.7. The van der Waals surface area contributed by atoms with Gasteiger partial charge in [-0.3, -0.25) is 0 Å². The topological polar surface area (TPSA) is 41.6 Å². The number of aliphatic imine (C=N–C) groups is 1. The zero-order valence-electron chi connectivity index (χ0n) is 13.0. The number of rotatable bonds is 2. The van der Waals surface area contributed by atoms with Gasteiger partial charge in [-0.25, -0.2) is 9.38 Å². The van der Waals surface area contributed by atoms with Crippen molar-refractivity contribution in [2.75, 3.05) is 13.1 Å². The van der Waals surface area contributed by atoms with E-state index in [1.54, 1.807) is 0 Å². The molecule has 3 rings (SSSR count). The highest BCUT2D eigenvalue weighted by molar-refractivity contribution is 14.0. The summed E-state index contributed by atoms with van der Waals surface area (Å²) in [6.07, 6.45) is 4.55. The van der Waals surface area contributed by atoms with Crippen LogP contribution in [0.25, 0.3) is 0 Å². The number of likely N-dealkylation sites (tertiary alicyclic amines) is 1. The number of guanidine groups is 1. The summed E-state index contributed by atoms with van der Waals surface area (Å²) in [6.45, 7) is 4.34. The van der Waals surface area contributed by atoms with Crippen molar-refractivity contribution in [2.24, 2.45) is 16.6 Å². The lowest BCUT2D eigenvalue weighted by molar-refractivity contribution is 0.265. The van der Waals surface area contributed by atoms with Crippen LogP contribution in [0, 0.1) is 11.7 Å². The van der Waals surface area contributed by atoms with E-state index in [4.69, 9.17) is 5.73 Å². The van der Waals surface area contributed by atoms with Crippen molar-refractivity contribution in [3.05, 3.63) is 35.6 Å². The molecule has 1 atom stereocenters. The first-order chi connectivity index (χ1) is 10.1. The van der Waals surface area contributed by atoms with Gasteiger partial charge in [0.25, 0.3) is 0 Å². The molecule has 1 aromatic rings. The Morgan fingerprint density at radius 2 is 1.95 bits per heavy atom. The molecule has 1 saturated carbocycles. The van der Waals surface area contributed by atoms with Gasteiger partial charge < -0.3 is 10.6 Å². The zero-order valence-corrected chi connectivity index (χ0v) is 15.4. The summed E-state index contributed by atoms with van der Waals surface area (Å²) < 4.78 is 12.9. The van der Waals surface area contributed by atoms with Crippen LogP contribution in [0.4, 0.5) is 4.39 Å². The number of piperidine rings is 1. The van der Waals surface area contributed by atoms with Crippen molar-refractivity contribution in [1.82, 2.24) is 4.90 Å². The van der Waals surface area contributed by atoms with Crippen molar-refractivity contribution in [1.29, 1.82) is 0 Å². The highest BCUT2D eigenvalue weighted by atomic mass is 127. The smallest absolute Gasteiger partial charge is 0.191 e. The fraction of sp³-hybridized carbons (Fsp3) is 0.588. The maximum absolute atomic E-state index is 12.9. The fourth-order valence-electron chi connectivity index (χ4n) is 3.37. The van der Waals surface area contributed by atoms with E-state index in [0.717, 1.165) is 25.9 Å². The van der Waals surface area contributed by atoms with E-state index in [9.17, 15) is 4.39 Å². The summed E-state index contributed by atoms with van der Waals surface area (Å²) in [5, 5.41) is 0. The molecule has 1 saturated heterocycles. The molecule has 122 valence electrons. The first-order valence-corrected chi connectivity index (χ1v) is 7.95. The Labute approximate surface area is 149 Å². The Hall–Kier alpha value is -0.850. The minimum atomic E-state index is -0.170. The summed E-state index contributed by atoms with van der Waals surface area (Å²) in [4.78, 5) is 6.90. The Morgan fingerprint density at radius 1 is 1.27 bits per heavy atom. The van der Waals surface area contributed by atoms with Gasteiger partial charge in [0.2, 0.25) is 0 Å². The molecule has 0 aromatic heterocycles. The van der Waals surface area contributed by atoms with E-state index in [2.05, 4.69) is 16.8 Å². The lowest BCUT2D eigenvalue weighted by atomic mass is 9.76. The second-order valence-electron chi connectivity index (χ2n) is 6.55. The number of nitrogens with zero attached hydrogens (tertiary/aromatic N) is 2. The summed E-state index contributed by atoms with van der Waals surface area (Å²) >= 11 is 0. The number of hydrogen-bond acceptors (Lipinski definition) is 1. The summed E-state index contributed by atoms with van der Waals surface area (Å²) in [5.74, 6) is 1.76. The van der Waals surface area contributed by atoms with Crippen LogP contribution in [0.1, 0.15) is 44.1 Å². The third-order valence-corrected chi connectivity index (χ3v) is 4.75. The molecule has 2 aliphatic rings. The zero-order chi connectivity index (χ0) is 14.8. The molecule has 0 amide bonds. The second-order valence-corrected chi connectivity index (χ2v) is 6.55. The Bertz CT molecular complexity index is 511. The standard InChI is InChI=1S/C17H24FN3.HI/c1-12-3-2-8-21(11-12)17(19)20-16-9-14(10-16)13-4-6-15(18)7-5-13;/h4-7,12,14,16H,2-3,8-11H2,1H3,(H2,19,20);1H. The lowest BCUT2D eigenvalue weighted by Crippen LogP contribution is -2.44. The van der Waals surface area contributed by atoms with E-state index in [0.29, 0.717) is 23.8 Å². The number of halogens is 2. The van der Waals surface area contributed by atoms with Gasteiger partial charge in [-0.15, -0.1) is 24.0 Å². The second kappa shape index (κ2) is 7.62. The molecule has 0 bridgehead atoms. The van der Waals surface area contributed by atoms with Gasteiger partial charge in [0, 0.05) is 13.1 Å². The summed E-state index contributed by atoms with van der Waals surface area (Å²) in [5.41, 5.74) is 7.37. The largest absolute Gasteiger partial charge is 0.370 e. The molecular formula is C17H25FIN3. The first-order valence-electron chi connectivity index (χ1n) is 7.95. The first kappa shape index (κ1) is 17.5. The third-order valence-electron chi connectivity index (χ3n) is 4.75. The highest BCUT2D eigenvalue weighted by Gasteiger charge is 2.31. The van der Waals surface area contributed by atoms with Crippen molar-refractivity contribution in [3.63, 3.8) is 0 Å². The van der Waals surface area contributed by atoms with E-state index < -0.39 is 0 Å². The van der Waals surface area contributed by atoms with E-state index in [-0.39, 0.29) is 29.8 Å². The van der Waals surface area contributed by atoms with Crippen LogP contribution in [0.15, 0.2) is 29.3 Å². The molecule has 22 heavy (non-hydrogen) atoms. The molecular weight excluding hydrogens is 392 g/mol. The number of benzene rings is 1. The van der Waals surface area contributed by atoms with Crippen molar-refractivity contribution < 1.29 is 4.39 Å². The molecule has 2 N–H and O–H groups in total. The molecule has 1 aromatic carbocycles. The molecule has 0 radical (unpaired) electrons. The van der Waals surface area contributed by atoms with Gasteiger partial charge in [-0.05, 0) is 55.2 Å². The van der Waals surface area contributed by atoms with Gasteiger partial charge >= 0.3 is 0 Å². The van der Waals surface area contributed by atoms with Gasteiger partial charge in [-0.1, -0.05) is 19.1 Å². The molecule has 2 fully saturated rings. The van der Waals surface area contributed by atoms with Gasteiger partial charge in [-0.2, -0.15) is 0 Å². The van der Waals surface area contributed by atoms with Crippen LogP contribution in [0.5, 0.6) is 0 Å². The maximum atomic E-state index is 12.9. The van der Waals surface area contributed by atoms with Crippen LogP contribution in [-0.4, -0.2) is 30.0 Å². The van der Waals surface area contributed by atoms with Crippen LogP contribution < -0.4 is 5.73 Å². The van der Waals surface area contributed by atoms with Crippen molar-refractivity contribution in [3.8, 4) is 0 Å². The predicted molar refractivity (Wildman–Crippen MR) is 99.2 cm³/mol. The average Bonchev–Trinajstić information content (AvgIpc) is 2.43. The lowest BCUT2D eigenvalue weighted by Gasteiger charge is -2.36. The Morgan fingerprint density at radius 3 is 2.59 bits per heavy atom. The van der Waals surface area contributed by atoms with Crippen LogP contribution in [0.2, 0.25) is 0 Å². The molecule has 1 aliphatic heterocycles. The molecule has 5 heteroatoms. The highest BCUT2D eigenvalue weighted by Crippen LogP contribution is 2.38. The SMILES string of the molecule is CC1CCCN(C(N)=NC2CC(c3ccc(F)cc3)C2)C1.I. The monoisotopic (exact) mass is 417 g/mol. The fourth-order valence-corrected chi connectivity index (χ4v) is 3.37. The average molecular weight is 417 g/mol. The molecule has 1 heterocycles. The minimum absolute atomic E-state index is 0. The summed E-state index contributed by atoms with van der Waals surface area (Å²) in [7, 11) is 0.